The van der Waals surface area contributed by atoms with Crippen LogP contribution in [0, 0.1) is 6.07 Å². The van der Waals surface area contributed by atoms with Crippen LogP contribution in [-0.2, 0) is 0 Å². The third kappa shape index (κ3) is 1.34. The quantitative estimate of drug-likeness (QED) is 0.673. The second-order valence-electron chi connectivity index (χ2n) is 2.98. The molecule has 12 heavy (non-hydrogen) atoms. The molecule has 61 valence electrons. The van der Waals surface area contributed by atoms with E-state index in [4.69, 9.17) is 0 Å². The van der Waals surface area contributed by atoms with Gasteiger partial charge in [-0.3, -0.25) is 0 Å². The van der Waals surface area contributed by atoms with Gasteiger partial charge in [-0.15, -0.1) is 0 Å². The van der Waals surface area contributed by atoms with E-state index in [9.17, 15) is 0 Å². The molecule has 2 rings (SSSR count). The highest BCUT2D eigenvalue weighted by molar-refractivity contribution is 9.09. The molecule has 0 N–H and O–H groups in total. The minimum absolute atomic E-state index is 0.608. The molecule has 0 bridgehead atoms. The predicted octanol–water partition coefficient (Wildman–Crippen LogP) is 3.38. The zero-order valence-electron chi connectivity index (χ0n) is 6.76. The number of hydrogen-bond donors (Lipinski definition) is 0. The van der Waals surface area contributed by atoms with Gasteiger partial charge in [0.1, 0.15) is 0 Å². The molecular formula is C11H10Br. The van der Waals surface area contributed by atoms with Crippen LogP contribution in [0.2, 0.25) is 0 Å². The van der Waals surface area contributed by atoms with E-state index in [0.717, 1.165) is 5.33 Å². The summed E-state index contributed by atoms with van der Waals surface area (Å²) < 4.78 is 0. The summed E-state index contributed by atoms with van der Waals surface area (Å²) in [6, 6.07) is 9.46. The lowest BCUT2D eigenvalue weighted by Crippen LogP contribution is -1.93. The predicted molar refractivity (Wildman–Crippen MR) is 55.5 cm³/mol. The largest absolute Gasteiger partial charge is 0.0928 e. The van der Waals surface area contributed by atoms with Crippen LogP contribution in [0.25, 0.3) is 6.08 Å². The van der Waals surface area contributed by atoms with E-state index in [2.05, 4.69) is 46.3 Å². The highest BCUT2D eigenvalue weighted by Crippen LogP contribution is 2.31. The lowest BCUT2D eigenvalue weighted by molar-refractivity contribution is 0.832. The normalized spacial score (nSPS) is 19.6. The van der Waals surface area contributed by atoms with Crippen molar-refractivity contribution in [2.75, 3.05) is 5.33 Å². The van der Waals surface area contributed by atoms with Gasteiger partial charge in [0.2, 0.25) is 0 Å². The van der Waals surface area contributed by atoms with Gasteiger partial charge >= 0.3 is 0 Å². The topological polar surface area (TPSA) is 0 Å². The molecule has 1 aromatic carbocycles. The van der Waals surface area contributed by atoms with E-state index in [1.54, 1.807) is 0 Å². The average Bonchev–Trinajstić information content (AvgIpc) is 2.50. The third-order valence-corrected chi connectivity index (χ3v) is 2.69. The molecule has 0 heterocycles. The molecule has 0 aromatic heterocycles. The summed E-state index contributed by atoms with van der Waals surface area (Å²) in [6.07, 6.45) is 5.62. The van der Waals surface area contributed by atoms with E-state index in [-0.39, 0.29) is 0 Å². The minimum Gasteiger partial charge on any atom is -0.0928 e. The van der Waals surface area contributed by atoms with Crippen molar-refractivity contribution in [2.45, 2.75) is 12.3 Å². The molecule has 0 saturated heterocycles. The maximum absolute atomic E-state index is 3.47. The van der Waals surface area contributed by atoms with Crippen molar-refractivity contribution in [3.05, 3.63) is 41.5 Å². The molecule has 1 unspecified atom stereocenters. The van der Waals surface area contributed by atoms with Crippen LogP contribution in [0.5, 0.6) is 0 Å². The molecule has 1 heteroatoms. The zero-order chi connectivity index (χ0) is 8.39. The summed E-state index contributed by atoms with van der Waals surface area (Å²) in [6.45, 7) is 0. The van der Waals surface area contributed by atoms with Crippen LogP contribution in [-0.4, -0.2) is 5.33 Å². The average molecular weight is 222 g/mol. The highest BCUT2D eigenvalue weighted by Gasteiger charge is 2.15. The first-order valence-electron chi connectivity index (χ1n) is 4.16. The summed E-state index contributed by atoms with van der Waals surface area (Å²) in [5.41, 5.74) is 2.69. The van der Waals surface area contributed by atoms with E-state index >= 15 is 0 Å². The second-order valence-corrected chi connectivity index (χ2v) is 3.78. The Bertz CT molecular complexity index is 302. The first-order valence-corrected chi connectivity index (χ1v) is 5.29. The van der Waals surface area contributed by atoms with Gasteiger partial charge in [-0.05, 0) is 23.6 Å². The Morgan fingerprint density at radius 3 is 3.25 bits per heavy atom. The molecular weight excluding hydrogens is 212 g/mol. The summed E-state index contributed by atoms with van der Waals surface area (Å²) in [5.74, 6) is 0.608. The van der Waals surface area contributed by atoms with Crippen LogP contribution < -0.4 is 0 Å². The molecule has 1 aliphatic rings. The third-order valence-electron chi connectivity index (χ3n) is 2.24. The summed E-state index contributed by atoms with van der Waals surface area (Å²) in [5, 5.41) is 1.07. The van der Waals surface area contributed by atoms with Gasteiger partial charge in [-0.1, -0.05) is 46.3 Å². The molecule has 1 aliphatic carbocycles. The number of hydrogen-bond acceptors (Lipinski definition) is 0. The van der Waals surface area contributed by atoms with E-state index in [1.807, 2.05) is 6.07 Å². The number of allylic oxidation sites excluding steroid dienone is 1. The van der Waals surface area contributed by atoms with Crippen molar-refractivity contribution >= 4 is 22.0 Å². The summed E-state index contributed by atoms with van der Waals surface area (Å²) >= 11 is 3.47. The fraction of sp³-hybridized carbons (Fsp3) is 0.273. The molecule has 0 amide bonds. The molecule has 0 nitrogen and oxygen atoms in total. The Labute approximate surface area is 81.4 Å². The molecule has 1 radical (unpaired) electrons. The lowest BCUT2D eigenvalue weighted by Gasteiger charge is -2.07. The molecule has 0 aliphatic heterocycles. The second kappa shape index (κ2) is 3.44. The van der Waals surface area contributed by atoms with Gasteiger partial charge in [0.05, 0.1) is 0 Å². The first kappa shape index (κ1) is 8.06. The van der Waals surface area contributed by atoms with E-state index in [0.29, 0.717) is 5.92 Å². The number of halogens is 1. The fourth-order valence-electron chi connectivity index (χ4n) is 1.62. The molecule has 1 atom stereocenters. The highest BCUT2D eigenvalue weighted by atomic mass is 79.9. The molecule has 0 fully saturated rings. The van der Waals surface area contributed by atoms with Crippen LogP contribution in [0.3, 0.4) is 0 Å². The van der Waals surface area contributed by atoms with Crippen LogP contribution in [0.15, 0.2) is 24.3 Å². The monoisotopic (exact) mass is 221 g/mol. The minimum atomic E-state index is 0.608. The Morgan fingerprint density at radius 2 is 2.42 bits per heavy atom. The van der Waals surface area contributed by atoms with Gasteiger partial charge in [-0.25, -0.2) is 0 Å². The Balaban J connectivity index is 2.30. The van der Waals surface area contributed by atoms with Crippen molar-refractivity contribution in [1.82, 2.24) is 0 Å². The smallest absolute Gasteiger partial charge is 0.00401 e. The molecule has 0 spiro atoms. The van der Waals surface area contributed by atoms with Crippen molar-refractivity contribution < 1.29 is 0 Å². The summed E-state index contributed by atoms with van der Waals surface area (Å²) in [4.78, 5) is 0. The standard InChI is InChI=1S/C11H10Br/c12-8-7-10-6-5-9-3-1-2-4-11(9)10/h1-2,4-6,10H,7-8H2. The molecule has 1 aromatic rings. The Morgan fingerprint density at radius 1 is 1.50 bits per heavy atom. The maximum atomic E-state index is 3.47. The van der Waals surface area contributed by atoms with Gasteiger partial charge < -0.3 is 0 Å². The van der Waals surface area contributed by atoms with E-state index in [1.165, 1.54) is 17.5 Å². The van der Waals surface area contributed by atoms with Gasteiger partial charge in [0, 0.05) is 11.2 Å². The zero-order valence-corrected chi connectivity index (χ0v) is 8.34. The maximum Gasteiger partial charge on any atom is 0.00401 e. The van der Waals surface area contributed by atoms with Crippen molar-refractivity contribution in [3.8, 4) is 0 Å². The number of fused-ring (bicyclic) bond motifs is 1. The molecule has 0 saturated carbocycles. The van der Waals surface area contributed by atoms with Gasteiger partial charge in [-0.2, -0.15) is 0 Å². The van der Waals surface area contributed by atoms with Crippen molar-refractivity contribution in [2.24, 2.45) is 0 Å². The Kier molecular flexibility index (Phi) is 2.31. The number of alkyl halides is 1. The SMILES string of the molecule is BrCCC1C=Cc2[c]cccc21. The van der Waals surface area contributed by atoms with Crippen molar-refractivity contribution in [3.63, 3.8) is 0 Å². The first-order chi connectivity index (χ1) is 5.92. The van der Waals surface area contributed by atoms with Crippen molar-refractivity contribution in [1.29, 1.82) is 0 Å². The van der Waals surface area contributed by atoms with Gasteiger partial charge in [0.15, 0.2) is 0 Å². The fourth-order valence-corrected chi connectivity index (χ4v) is 2.11. The Hall–Kier alpha value is -0.560. The summed E-state index contributed by atoms with van der Waals surface area (Å²) in [7, 11) is 0. The van der Waals surface area contributed by atoms with Crippen LogP contribution in [0.1, 0.15) is 23.5 Å². The van der Waals surface area contributed by atoms with E-state index < -0.39 is 0 Å². The van der Waals surface area contributed by atoms with Crippen LogP contribution >= 0.6 is 15.9 Å². The lowest BCUT2D eigenvalue weighted by atomic mass is 9.99. The van der Waals surface area contributed by atoms with Gasteiger partial charge in [0.25, 0.3) is 0 Å². The number of benzene rings is 1. The van der Waals surface area contributed by atoms with Crippen LogP contribution in [0.4, 0.5) is 0 Å². The number of rotatable bonds is 2.